The maximum Gasteiger partial charge on any atom is 0.0900 e. The van der Waals surface area contributed by atoms with Crippen LogP contribution in [0.3, 0.4) is 0 Å². The number of rotatable bonds is 6. The summed E-state index contributed by atoms with van der Waals surface area (Å²) < 4.78 is 6.16. The zero-order valence-electron chi connectivity index (χ0n) is 15.0. The van der Waals surface area contributed by atoms with Gasteiger partial charge in [-0.15, -0.1) is 0 Å². The van der Waals surface area contributed by atoms with Gasteiger partial charge in [0.15, 0.2) is 0 Å². The maximum absolute atomic E-state index is 10.3. The molecule has 4 atom stereocenters. The second-order valence-electron chi connectivity index (χ2n) is 7.96. The predicted molar refractivity (Wildman–Crippen MR) is 91.0 cm³/mol. The largest absolute Gasteiger partial charge is 0.389 e. The smallest absolute Gasteiger partial charge is 0.0900 e. The molecule has 1 N–H and O–H groups in total. The molecule has 0 amide bonds. The third-order valence-corrected chi connectivity index (χ3v) is 5.53. The van der Waals surface area contributed by atoms with E-state index < -0.39 is 0 Å². The Labute approximate surface area is 136 Å². The normalized spacial score (nSPS) is 33.3. The van der Waals surface area contributed by atoms with Gasteiger partial charge < -0.3 is 14.7 Å². The molecular formula is C18H36N2O2. The minimum atomic E-state index is -0.353. The molecule has 0 aromatic rings. The van der Waals surface area contributed by atoms with Gasteiger partial charge in [0.1, 0.15) is 0 Å². The Morgan fingerprint density at radius 1 is 1.14 bits per heavy atom. The highest BCUT2D eigenvalue weighted by atomic mass is 16.5. The van der Waals surface area contributed by atoms with Crippen LogP contribution in [0.2, 0.25) is 0 Å². The number of likely N-dealkylation sites (N-methyl/N-ethyl adjacent to an activating group) is 1. The summed E-state index contributed by atoms with van der Waals surface area (Å²) in [5.74, 6) is 2.09. The molecule has 2 rings (SSSR count). The van der Waals surface area contributed by atoms with Crippen LogP contribution in [0.25, 0.3) is 0 Å². The highest BCUT2D eigenvalue weighted by molar-refractivity contribution is 4.82. The van der Waals surface area contributed by atoms with Crippen molar-refractivity contribution in [3.05, 3.63) is 0 Å². The third kappa shape index (κ3) is 5.48. The van der Waals surface area contributed by atoms with Gasteiger partial charge in [-0.1, -0.05) is 27.2 Å². The molecule has 0 bridgehead atoms. The lowest BCUT2D eigenvalue weighted by Gasteiger charge is -2.38. The molecular weight excluding hydrogens is 276 g/mol. The van der Waals surface area contributed by atoms with Crippen LogP contribution >= 0.6 is 0 Å². The molecule has 0 spiro atoms. The zero-order chi connectivity index (χ0) is 16.1. The first-order valence-electron chi connectivity index (χ1n) is 9.16. The van der Waals surface area contributed by atoms with Gasteiger partial charge in [0.25, 0.3) is 0 Å². The number of β-amino-alcohol motifs (C(OH)–C–C–N with tert-alkyl or cyclic N) is 1. The molecule has 130 valence electrons. The van der Waals surface area contributed by atoms with Crippen LogP contribution in [0.4, 0.5) is 0 Å². The first-order valence-corrected chi connectivity index (χ1v) is 9.16. The van der Waals surface area contributed by atoms with E-state index in [4.69, 9.17) is 4.74 Å². The Hall–Kier alpha value is -0.160. The SMILES string of the molecule is CC1CCC(C(C)C)C(OCC(O)CN2CCN(C)CC2)C1. The lowest BCUT2D eigenvalue weighted by molar-refractivity contribution is -0.0751. The molecule has 2 fully saturated rings. The second-order valence-corrected chi connectivity index (χ2v) is 7.96. The van der Waals surface area contributed by atoms with E-state index >= 15 is 0 Å². The summed E-state index contributed by atoms with van der Waals surface area (Å²) >= 11 is 0. The molecule has 1 saturated carbocycles. The van der Waals surface area contributed by atoms with E-state index in [9.17, 15) is 5.11 Å². The summed E-state index contributed by atoms with van der Waals surface area (Å²) in [7, 11) is 2.16. The highest BCUT2D eigenvalue weighted by Crippen LogP contribution is 2.35. The van der Waals surface area contributed by atoms with Crippen LogP contribution in [0.15, 0.2) is 0 Å². The summed E-state index contributed by atoms with van der Waals surface area (Å²) in [6, 6.07) is 0. The number of nitrogens with zero attached hydrogens (tertiary/aromatic N) is 2. The molecule has 1 saturated heterocycles. The quantitative estimate of drug-likeness (QED) is 0.814. The van der Waals surface area contributed by atoms with Crippen LogP contribution in [0.5, 0.6) is 0 Å². The molecule has 0 radical (unpaired) electrons. The Balaban J connectivity index is 1.73. The van der Waals surface area contributed by atoms with Crippen molar-refractivity contribution in [3.63, 3.8) is 0 Å². The van der Waals surface area contributed by atoms with Crippen molar-refractivity contribution in [3.8, 4) is 0 Å². The van der Waals surface area contributed by atoms with E-state index in [2.05, 4.69) is 37.6 Å². The van der Waals surface area contributed by atoms with Gasteiger partial charge in [0.05, 0.1) is 18.8 Å². The Morgan fingerprint density at radius 3 is 2.45 bits per heavy atom. The summed E-state index contributed by atoms with van der Waals surface area (Å²) in [6.45, 7) is 12.5. The van der Waals surface area contributed by atoms with E-state index in [1.165, 1.54) is 12.8 Å². The van der Waals surface area contributed by atoms with Crippen LogP contribution in [-0.4, -0.2) is 73.5 Å². The Bertz CT molecular complexity index is 316. The standard InChI is InChI=1S/C18H36N2O2/c1-14(2)17-6-5-15(3)11-18(17)22-13-16(21)12-20-9-7-19(4)8-10-20/h14-18,21H,5-13H2,1-4H3. The molecule has 22 heavy (non-hydrogen) atoms. The fourth-order valence-corrected chi connectivity index (χ4v) is 3.92. The van der Waals surface area contributed by atoms with Crippen molar-refractivity contribution in [1.29, 1.82) is 0 Å². The van der Waals surface area contributed by atoms with E-state index in [1.807, 2.05) is 0 Å². The molecule has 4 unspecified atom stereocenters. The summed E-state index contributed by atoms with van der Waals surface area (Å²) in [6.07, 6.45) is 3.74. The first kappa shape index (κ1) is 18.2. The molecule has 4 nitrogen and oxygen atoms in total. The van der Waals surface area contributed by atoms with Gasteiger partial charge in [0, 0.05) is 32.7 Å². The van der Waals surface area contributed by atoms with Gasteiger partial charge >= 0.3 is 0 Å². The van der Waals surface area contributed by atoms with Crippen molar-refractivity contribution in [1.82, 2.24) is 9.80 Å². The van der Waals surface area contributed by atoms with Crippen molar-refractivity contribution < 1.29 is 9.84 Å². The van der Waals surface area contributed by atoms with Crippen LogP contribution < -0.4 is 0 Å². The van der Waals surface area contributed by atoms with Crippen LogP contribution in [-0.2, 0) is 4.74 Å². The zero-order valence-corrected chi connectivity index (χ0v) is 15.0. The van der Waals surface area contributed by atoms with Gasteiger partial charge in [-0.05, 0) is 37.6 Å². The fraction of sp³-hybridized carbons (Fsp3) is 1.00. The molecule has 1 aliphatic heterocycles. The minimum Gasteiger partial charge on any atom is -0.389 e. The monoisotopic (exact) mass is 312 g/mol. The average molecular weight is 312 g/mol. The van der Waals surface area contributed by atoms with E-state index in [-0.39, 0.29) is 6.10 Å². The second kappa shape index (κ2) is 8.62. The van der Waals surface area contributed by atoms with Gasteiger partial charge in [-0.2, -0.15) is 0 Å². The Kier molecular flexibility index (Phi) is 7.13. The van der Waals surface area contributed by atoms with E-state index in [0.717, 1.165) is 45.1 Å². The molecule has 1 heterocycles. The summed E-state index contributed by atoms with van der Waals surface area (Å²) in [5.41, 5.74) is 0. The van der Waals surface area contributed by atoms with Gasteiger partial charge in [-0.3, -0.25) is 4.90 Å². The van der Waals surface area contributed by atoms with Crippen LogP contribution in [0, 0.1) is 17.8 Å². The molecule has 4 heteroatoms. The summed E-state index contributed by atoms with van der Waals surface area (Å²) in [4.78, 5) is 4.70. The average Bonchev–Trinajstić information content (AvgIpc) is 2.47. The van der Waals surface area contributed by atoms with Crippen molar-refractivity contribution in [2.75, 3.05) is 46.4 Å². The molecule has 0 aromatic carbocycles. The minimum absolute atomic E-state index is 0.339. The van der Waals surface area contributed by atoms with Gasteiger partial charge in [-0.25, -0.2) is 0 Å². The number of aliphatic hydroxyl groups excluding tert-OH is 1. The number of hydrogen-bond donors (Lipinski definition) is 1. The molecule has 2 aliphatic rings. The lowest BCUT2D eigenvalue weighted by atomic mass is 9.75. The number of hydrogen-bond acceptors (Lipinski definition) is 4. The molecule has 1 aliphatic carbocycles. The number of piperazine rings is 1. The van der Waals surface area contributed by atoms with Crippen molar-refractivity contribution in [2.24, 2.45) is 17.8 Å². The predicted octanol–water partition coefficient (Wildman–Crippen LogP) is 2.07. The number of aliphatic hydroxyl groups is 1. The fourth-order valence-electron chi connectivity index (χ4n) is 3.92. The topological polar surface area (TPSA) is 35.9 Å². The summed E-state index contributed by atoms with van der Waals surface area (Å²) in [5, 5.41) is 10.3. The third-order valence-electron chi connectivity index (χ3n) is 5.53. The number of ether oxygens (including phenoxy) is 1. The van der Waals surface area contributed by atoms with E-state index in [0.29, 0.717) is 24.5 Å². The van der Waals surface area contributed by atoms with Crippen molar-refractivity contribution in [2.45, 2.75) is 52.2 Å². The van der Waals surface area contributed by atoms with Crippen LogP contribution in [0.1, 0.15) is 40.0 Å². The maximum atomic E-state index is 10.3. The highest BCUT2D eigenvalue weighted by Gasteiger charge is 2.31. The van der Waals surface area contributed by atoms with Crippen molar-refractivity contribution >= 4 is 0 Å². The molecule has 0 aromatic heterocycles. The Morgan fingerprint density at radius 2 is 1.82 bits per heavy atom. The van der Waals surface area contributed by atoms with E-state index in [1.54, 1.807) is 0 Å². The van der Waals surface area contributed by atoms with Gasteiger partial charge in [0.2, 0.25) is 0 Å². The lowest BCUT2D eigenvalue weighted by Crippen LogP contribution is -2.48. The first-order chi connectivity index (χ1) is 10.5.